The molecule has 3 aromatic rings. The predicted molar refractivity (Wildman–Crippen MR) is 108 cm³/mol. The molecule has 2 nitrogen and oxygen atoms in total. The first-order valence-electron chi connectivity index (χ1n) is 8.98. The van der Waals surface area contributed by atoms with Crippen molar-refractivity contribution in [1.82, 2.24) is 4.98 Å². The molecule has 0 saturated heterocycles. The van der Waals surface area contributed by atoms with Crippen molar-refractivity contribution in [2.45, 2.75) is 47.0 Å². The average Bonchev–Trinajstić information content (AvgIpc) is 2.93. The van der Waals surface area contributed by atoms with E-state index >= 15 is 0 Å². The fourth-order valence-corrected chi connectivity index (χ4v) is 3.36. The number of allylic oxidation sites excluding steroid dienone is 4. The molecule has 0 radical (unpaired) electrons. The molecule has 0 spiro atoms. The maximum atomic E-state index is 10.6. The van der Waals surface area contributed by atoms with Crippen LogP contribution in [0.5, 0.6) is 5.75 Å². The number of fused-ring (bicyclic) bond motifs is 3. The first-order valence-corrected chi connectivity index (χ1v) is 8.98. The second-order valence-corrected chi connectivity index (χ2v) is 7.19. The molecule has 0 aliphatic rings. The van der Waals surface area contributed by atoms with E-state index in [1.165, 1.54) is 21.9 Å². The van der Waals surface area contributed by atoms with Gasteiger partial charge in [-0.1, -0.05) is 41.5 Å². The molecule has 2 heteroatoms. The molecule has 0 amide bonds. The lowest BCUT2D eigenvalue weighted by molar-refractivity contribution is 0.466. The second kappa shape index (κ2) is 7.18. The van der Waals surface area contributed by atoms with E-state index < -0.39 is 0 Å². The van der Waals surface area contributed by atoms with Gasteiger partial charge in [-0.25, -0.2) is 0 Å². The number of benzene rings is 2. The molecular formula is C23H27NO. The average molecular weight is 333 g/mol. The van der Waals surface area contributed by atoms with Crippen LogP contribution in [0.25, 0.3) is 21.8 Å². The van der Waals surface area contributed by atoms with Crippen LogP contribution >= 0.6 is 0 Å². The molecule has 0 unspecified atom stereocenters. The molecule has 1 aromatic heterocycles. The van der Waals surface area contributed by atoms with Crippen LogP contribution < -0.4 is 0 Å². The van der Waals surface area contributed by atoms with Gasteiger partial charge >= 0.3 is 0 Å². The highest BCUT2D eigenvalue weighted by Crippen LogP contribution is 2.35. The van der Waals surface area contributed by atoms with Crippen LogP contribution in [0.15, 0.2) is 53.6 Å². The Bertz CT molecular complexity index is 969. The highest BCUT2D eigenvalue weighted by Gasteiger charge is 2.13. The first-order chi connectivity index (χ1) is 12.0. The molecular weight excluding hydrogens is 306 g/mol. The number of hydrogen-bond donors (Lipinski definition) is 2. The van der Waals surface area contributed by atoms with Crippen molar-refractivity contribution >= 4 is 21.8 Å². The van der Waals surface area contributed by atoms with Gasteiger partial charge in [0.25, 0.3) is 0 Å². The summed E-state index contributed by atoms with van der Waals surface area (Å²) in [5.41, 5.74) is 6.83. The Labute approximate surface area is 149 Å². The van der Waals surface area contributed by atoms with Crippen molar-refractivity contribution in [3.05, 3.63) is 64.8 Å². The third kappa shape index (κ3) is 3.63. The summed E-state index contributed by atoms with van der Waals surface area (Å²) >= 11 is 0. The number of H-pyrrole nitrogens is 1. The number of aryl methyl sites for hydroxylation is 1. The van der Waals surface area contributed by atoms with E-state index in [0.717, 1.165) is 41.4 Å². The highest BCUT2D eigenvalue weighted by atomic mass is 16.3. The van der Waals surface area contributed by atoms with Crippen molar-refractivity contribution in [3.63, 3.8) is 0 Å². The van der Waals surface area contributed by atoms with Gasteiger partial charge in [-0.2, -0.15) is 0 Å². The second-order valence-electron chi connectivity index (χ2n) is 7.19. The van der Waals surface area contributed by atoms with Crippen molar-refractivity contribution in [3.8, 4) is 5.75 Å². The molecule has 0 fully saturated rings. The summed E-state index contributed by atoms with van der Waals surface area (Å²) in [6, 6.07) is 10.4. The van der Waals surface area contributed by atoms with Gasteiger partial charge in [0.2, 0.25) is 0 Å². The fourth-order valence-electron chi connectivity index (χ4n) is 3.36. The minimum atomic E-state index is 0.410. The summed E-state index contributed by atoms with van der Waals surface area (Å²) in [5.74, 6) is 0.410. The number of aromatic nitrogens is 1. The van der Waals surface area contributed by atoms with Crippen LogP contribution in [-0.4, -0.2) is 10.1 Å². The number of hydrogen-bond acceptors (Lipinski definition) is 1. The molecule has 2 N–H and O–H groups in total. The number of rotatable bonds is 5. The quantitative estimate of drug-likeness (QED) is 0.509. The molecule has 0 atom stereocenters. The number of phenols is 1. The van der Waals surface area contributed by atoms with E-state index in [9.17, 15) is 5.11 Å². The number of aromatic amines is 1. The molecule has 130 valence electrons. The standard InChI is InChI=1S/C23H27NO/c1-15(2)8-7-9-16(3)12-13-19-22-20(14-17(4)23(19)25)18-10-5-6-11-21(18)24-22/h5-6,8,10-12,14,24-25H,7,9,13H2,1-4H3. The third-order valence-corrected chi connectivity index (χ3v) is 4.81. The van der Waals surface area contributed by atoms with E-state index in [2.05, 4.69) is 62.2 Å². The highest BCUT2D eigenvalue weighted by molar-refractivity contribution is 6.09. The SMILES string of the molecule is CC(C)=CCCC(C)=CCc1c(O)c(C)cc2c1[nH]c1ccccc12. The van der Waals surface area contributed by atoms with Crippen LogP contribution in [0.4, 0.5) is 0 Å². The zero-order chi connectivity index (χ0) is 18.0. The molecule has 3 rings (SSSR count). The summed E-state index contributed by atoms with van der Waals surface area (Å²) in [6.07, 6.45) is 7.41. The van der Waals surface area contributed by atoms with Gasteiger partial charge in [0, 0.05) is 21.9 Å². The third-order valence-electron chi connectivity index (χ3n) is 4.81. The van der Waals surface area contributed by atoms with Crippen molar-refractivity contribution < 1.29 is 5.11 Å². The lowest BCUT2D eigenvalue weighted by Crippen LogP contribution is -1.90. The van der Waals surface area contributed by atoms with E-state index in [-0.39, 0.29) is 0 Å². The smallest absolute Gasteiger partial charge is 0.124 e. The maximum Gasteiger partial charge on any atom is 0.124 e. The van der Waals surface area contributed by atoms with Gasteiger partial charge in [-0.15, -0.1) is 0 Å². The Morgan fingerprint density at radius 2 is 1.84 bits per heavy atom. The van der Waals surface area contributed by atoms with Gasteiger partial charge in [0.15, 0.2) is 0 Å². The zero-order valence-electron chi connectivity index (χ0n) is 15.6. The van der Waals surface area contributed by atoms with Crippen molar-refractivity contribution in [2.75, 3.05) is 0 Å². The lowest BCUT2D eigenvalue weighted by atomic mass is 9.99. The number of nitrogens with one attached hydrogen (secondary N) is 1. The summed E-state index contributed by atoms with van der Waals surface area (Å²) in [5, 5.41) is 13.0. The zero-order valence-corrected chi connectivity index (χ0v) is 15.6. The van der Waals surface area contributed by atoms with Crippen molar-refractivity contribution in [2.24, 2.45) is 0 Å². The van der Waals surface area contributed by atoms with Crippen LogP contribution in [0.3, 0.4) is 0 Å². The number of phenolic OH excluding ortho intramolecular Hbond substituents is 1. The fraction of sp³-hybridized carbons (Fsp3) is 0.304. The molecule has 0 bridgehead atoms. The van der Waals surface area contributed by atoms with Crippen molar-refractivity contribution in [1.29, 1.82) is 0 Å². The number of aromatic hydroxyl groups is 1. The molecule has 25 heavy (non-hydrogen) atoms. The molecule has 0 aliphatic heterocycles. The molecule has 0 aliphatic carbocycles. The van der Waals surface area contributed by atoms with Crippen LogP contribution in [0, 0.1) is 6.92 Å². The van der Waals surface area contributed by atoms with Gasteiger partial charge in [-0.3, -0.25) is 0 Å². The Balaban J connectivity index is 1.97. The Morgan fingerprint density at radius 3 is 2.60 bits per heavy atom. The van der Waals surface area contributed by atoms with E-state index in [1.54, 1.807) is 0 Å². The summed E-state index contributed by atoms with van der Waals surface area (Å²) < 4.78 is 0. The molecule has 2 aromatic carbocycles. The predicted octanol–water partition coefficient (Wildman–Crippen LogP) is 6.57. The summed E-state index contributed by atoms with van der Waals surface area (Å²) in [6.45, 7) is 8.42. The van der Waals surface area contributed by atoms with Crippen LogP contribution in [0.2, 0.25) is 0 Å². The largest absolute Gasteiger partial charge is 0.507 e. The van der Waals surface area contributed by atoms with Gasteiger partial charge in [-0.05, 0) is 64.7 Å². The minimum Gasteiger partial charge on any atom is -0.507 e. The van der Waals surface area contributed by atoms with E-state index in [0.29, 0.717) is 5.75 Å². The molecule has 0 saturated carbocycles. The summed E-state index contributed by atoms with van der Waals surface area (Å²) in [4.78, 5) is 3.50. The Hall–Kier alpha value is -2.48. The topological polar surface area (TPSA) is 36.0 Å². The molecule has 1 heterocycles. The maximum absolute atomic E-state index is 10.6. The Morgan fingerprint density at radius 1 is 1.08 bits per heavy atom. The normalized spacial score (nSPS) is 12.1. The monoisotopic (exact) mass is 333 g/mol. The minimum absolute atomic E-state index is 0.410. The van der Waals surface area contributed by atoms with E-state index in [4.69, 9.17) is 0 Å². The van der Waals surface area contributed by atoms with Gasteiger partial charge in [0.05, 0.1) is 5.52 Å². The lowest BCUT2D eigenvalue weighted by Gasteiger charge is -2.08. The van der Waals surface area contributed by atoms with Crippen LogP contribution in [0.1, 0.15) is 44.7 Å². The number of para-hydroxylation sites is 1. The Kier molecular flexibility index (Phi) is 4.98. The van der Waals surface area contributed by atoms with Gasteiger partial charge in [0.1, 0.15) is 5.75 Å². The van der Waals surface area contributed by atoms with Gasteiger partial charge < -0.3 is 10.1 Å². The van der Waals surface area contributed by atoms with Crippen LogP contribution in [-0.2, 0) is 6.42 Å². The van der Waals surface area contributed by atoms with E-state index in [1.807, 2.05) is 13.0 Å². The summed E-state index contributed by atoms with van der Waals surface area (Å²) in [7, 11) is 0. The first kappa shape index (κ1) is 17.3.